The topological polar surface area (TPSA) is 66.5 Å². The second-order valence-electron chi connectivity index (χ2n) is 1.97. The van der Waals surface area contributed by atoms with Crippen LogP contribution in [0, 0.1) is 0 Å². The molecule has 0 atom stereocenters. The zero-order chi connectivity index (χ0) is 7.61. The fourth-order valence-electron chi connectivity index (χ4n) is 0.770. The second-order valence-corrected chi connectivity index (χ2v) is 3.34. The van der Waals surface area contributed by atoms with Crippen molar-refractivity contribution in [2.24, 2.45) is 0 Å². The number of hydrogen-bond donors (Lipinski definition) is 0. The predicted octanol–water partition coefficient (Wildman–Crippen LogP) is -1.01. The van der Waals surface area contributed by atoms with E-state index in [9.17, 15) is 13.0 Å². The molecule has 0 N–H and O–H groups in total. The summed E-state index contributed by atoms with van der Waals surface area (Å²) in [5.41, 5.74) is 0. The Hall–Kier alpha value is -0.170. The highest BCUT2D eigenvalue weighted by Crippen LogP contribution is 2.01. The van der Waals surface area contributed by atoms with E-state index in [0.717, 1.165) is 4.31 Å². The average molecular weight is 166 g/mol. The Labute approximate surface area is 59.5 Å². The number of ether oxygens (including phenoxy) is 1. The van der Waals surface area contributed by atoms with Crippen LogP contribution in [0.5, 0.6) is 0 Å². The van der Waals surface area contributed by atoms with Crippen molar-refractivity contribution in [2.45, 2.75) is 0 Å². The highest BCUT2D eigenvalue weighted by Gasteiger charge is 2.22. The lowest BCUT2D eigenvalue weighted by Crippen LogP contribution is -2.39. The highest BCUT2D eigenvalue weighted by molar-refractivity contribution is 7.83. The molecule has 0 aromatic rings. The van der Waals surface area contributed by atoms with E-state index in [1.165, 1.54) is 0 Å². The summed E-state index contributed by atoms with van der Waals surface area (Å²) in [6.07, 6.45) is 0. The lowest BCUT2D eigenvalue weighted by atomic mass is 10.5. The molecule has 1 radical (unpaired) electrons. The van der Waals surface area contributed by atoms with Crippen molar-refractivity contribution < 1.29 is 17.7 Å². The Balaban J connectivity index is 2.56. The minimum atomic E-state index is -4.22. The van der Waals surface area contributed by atoms with Crippen molar-refractivity contribution in [1.29, 1.82) is 0 Å². The third-order valence-electron chi connectivity index (χ3n) is 1.29. The smallest absolute Gasteiger partial charge is 0.366 e. The SMILES string of the molecule is [O]S(=O)(=O)N1CCOCC1. The van der Waals surface area contributed by atoms with E-state index in [4.69, 9.17) is 4.74 Å². The lowest BCUT2D eigenvalue weighted by molar-refractivity contribution is 0.0677. The van der Waals surface area contributed by atoms with Crippen LogP contribution in [0.2, 0.25) is 0 Å². The molecule has 1 aliphatic heterocycles. The van der Waals surface area contributed by atoms with Gasteiger partial charge in [0, 0.05) is 13.1 Å². The lowest BCUT2D eigenvalue weighted by Gasteiger charge is -2.21. The van der Waals surface area contributed by atoms with Crippen molar-refractivity contribution >= 4 is 10.3 Å². The zero-order valence-corrected chi connectivity index (χ0v) is 6.13. The molecule has 1 rings (SSSR count). The molecule has 0 saturated carbocycles. The van der Waals surface area contributed by atoms with Gasteiger partial charge in [0.25, 0.3) is 0 Å². The summed E-state index contributed by atoms with van der Waals surface area (Å²) in [7, 11) is -4.22. The van der Waals surface area contributed by atoms with Crippen LogP contribution < -0.4 is 0 Å². The molecule has 1 heterocycles. The summed E-state index contributed by atoms with van der Waals surface area (Å²) >= 11 is 0. The molecule has 0 aliphatic carbocycles. The molecule has 0 spiro atoms. The molecule has 0 unspecified atom stereocenters. The molecule has 0 aromatic carbocycles. The van der Waals surface area contributed by atoms with E-state index in [1.807, 2.05) is 0 Å². The van der Waals surface area contributed by atoms with Crippen LogP contribution in [0.1, 0.15) is 0 Å². The van der Waals surface area contributed by atoms with Crippen LogP contribution in [0.3, 0.4) is 0 Å². The maximum atomic E-state index is 10.3. The van der Waals surface area contributed by atoms with Gasteiger partial charge in [0.2, 0.25) is 0 Å². The van der Waals surface area contributed by atoms with Gasteiger partial charge in [-0.1, -0.05) is 4.55 Å². The second kappa shape index (κ2) is 2.83. The molecule has 5 nitrogen and oxygen atoms in total. The van der Waals surface area contributed by atoms with Gasteiger partial charge < -0.3 is 4.74 Å². The van der Waals surface area contributed by atoms with Gasteiger partial charge >= 0.3 is 10.3 Å². The van der Waals surface area contributed by atoms with Gasteiger partial charge in [-0.05, 0) is 0 Å². The number of morpholine rings is 1. The van der Waals surface area contributed by atoms with Crippen LogP contribution >= 0.6 is 0 Å². The Kier molecular flexibility index (Phi) is 2.24. The van der Waals surface area contributed by atoms with E-state index in [2.05, 4.69) is 0 Å². The van der Waals surface area contributed by atoms with Gasteiger partial charge in [-0.25, -0.2) is 0 Å². The number of nitrogens with zero attached hydrogens (tertiary/aromatic N) is 1. The third-order valence-corrected chi connectivity index (χ3v) is 2.28. The van der Waals surface area contributed by atoms with E-state index >= 15 is 0 Å². The first-order valence-electron chi connectivity index (χ1n) is 2.89. The Morgan fingerprint density at radius 2 is 1.70 bits per heavy atom. The van der Waals surface area contributed by atoms with Crippen LogP contribution in [-0.4, -0.2) is 39.0 Å². The fraction of sp³-hybridized carbons (Fsp3) is 1.00. The first-order chi connectivity index (χ1) is 4.61. The normalized spacial score (nSPS) is 22.9. The summed E-state index contributed by atoms with van der Waals surface area (Å²) in [6, 6.07) is 0. The minimum Gasteiger partial charge on any atom is -0.379 e. The van der Waals surface area contributed by atoms with Crippen LogP contribution in [-0.2, 0) is 19.6 Å². The number of hydrogen-bond acceptors (Lipinski definition) is 3. The van der Waals surface area contributed by atoms with E-state index in [1.54, 1.807) is 0 Å². The van der Waals surface area contributed by atoms with Crippen LogP contribution in [0.15, 0.2) is 0 Å². The molecule has 1 aliphatic rings. The molecule has 59 valence electrons. The van der Waals surface area contributed by atoms with Gasteiger partial charge in [0.05, 0.1) is 13.2 Å². The highest BCUT2D eigenvalue weighted by atomic mass is 32.2. The molecule has 0 bridgehead atoms. The molecule has 10 heavy (non-hydrogen) atoms. The Morgan fingerprint density at radius 3 is 2.00 bits per heavy atom. The van der Waals surface area contributed by atoms with Crippen molar-refractivity contribution in [1.82, 2.24) is 4.31 Å². The molecule has 0 aromatic heterocycles. The molecular formula is C4H8NO4S. The monoisotopic (exact) mass is 166 g/mol. The predicted molar refractivity (Wildman–Crippen MR) is 32.0 cm³/mol. The molecule has 6 heteroatoms. The summed E-state index contributed by atoms with van der Waals surface area (Å²) in [5.74, 6) is 0. The molecule has 0 amide bonds. The van der Waals surface area contributed by atoms with Crippen molar-refractivity contribution in [3.63, 3.8) is 0 Å². The van der Waals surface area contributed by atoms with E-state index in [-0.39, 0.29) is 13.1 Å². The van der Waals surface area contributed by atoms with Gasteiger partial charge in [-0.3, -0.25) is 0 Å². The van der Waals surface area contributed by atoms with Crippen LogP contribution in [0.4, 0.5) is 0 Å². The largest absolute Gasteiger partial charge is 0.379 e. The standard InChI is InChI=1S/C4H8NO4S/c6-10(7,8)5-1-3-9-4-2-5/h1-4H2. The molecular weight excluding hydrogens is 158 g/mol. The fourth-order valence-corrected chi connectivity index (χ4v) is 1.37. The summed E-state index contributed by atoms with van der Waals surface area (Å²) < 4.78 is 36.6. The molecule has 1 fully saturated rings. The van der Waals surface area contributed by atoms with E-state index < -0.39 is 10.3 Å². The maximum absolute atomic E-state index is 10.3. The maximum Gasteiger partial charge on any atom is 0.366 e. The van der Waals surface area contributed by atoms with Gasteiger partial charge in [0.15, 0.2) is 0 Å². The van der Waals surface area contributed by atoms with Crippen molar-refractivity contribution in [2.75, 3.05) is 26.3 Å². The summed E-state index contributed by atoms with van der Waals surface area (Å²) in [5, 5.41) is 0. The van der Waals surface area contributed by atoms with Gasteiger partial charge in [-0.2, -0.15) is 12.7 Å². The number of rotatable bonds is 1. The van der Waals surface area contributed by atoms with Crippen molar-refractivity contribution in [3.8, 4) is 0 Å². The van der Waals surface area contributed by atoms with Crippen LogP contribution in [0.25, 0.3) is 0 Å². The summed E-state index contributed by atoms with van der Waals surface area (Å²) in [6.45, 7) is 1.01. The van der Waals surface area contributed by atoms with Gasteiger partial charge in [-0.15, -0.1) is 0 Å². The Morgan fingerprint density at radius 1 is 1.20 bits per heavy atom. The summed E-state index contributed by atoms with van der Waals surface area (Å²) in [4.78, 5) is 0. The van der Waals surface area contributed by atoms with Crippen molar-refractivity contribution in [3.05, 3.63) is 0 Å². The first kappa shape index (κ1) is 7.93. The third kappa shape index (κ3) is 1.91. The minimum absolute atomic E-state index is 0.186. The quantitative estimate of drug-likeness (QED) is 0.501. The molecule has 1 saturated heterocycles. The average Bonchev–Trinajstić information content (AvgIpc) is 1.88. The van der Waals surface area contributed by atoms with E-state index in [0.29, 0.717) is 13.2 Å². The van der Waals surface area contributed by atoms with Gasteiger partial charge in [0.1, 0.15) is 0 Å². The Bertz CT molecular complexity index is 193. The first-order valence-corrected chi connectivity index (χ1v) is 4.26. The zero-order valence-electron chi connectivity index (χ0n) is 5.32.